The van der Waals surface area contributed by atoms with Crippen molar-refractivity contribution in [1.29, 1.82) is 0 Å². The third-order valence-electron chi connectivity index (χ3n) is 4.09. The minimum atomic E-state index is -4.65. The zero-order valence-electron chi connectivity index (χ0n) is 15.7. The Hall–Kier alpha value is -2.00. The van der Waals surface area contributed by atoms with E-state index in [1.54, 1.807) is 24.3 Å². The summed E-state index contributed by atoms with van der Waals surface area (Å²) in [5.41, 5.74) is 5.59. The van der Waals surface area contributed by atoms with Crippen LogP contribution in [0.25, 0.3) is 0 Å². The summed E-state index contributed by atoms with van der Waals surface area (Å²) in [7, 11) is -4.65. The molecule has 0 bridgehead atoms. The van der Waals surface area contributed by atoms with Crippen LogP contribution in [0.5, 0.6) is 11.5 Å². The van der Waals surface area contributed by atoms with Crippen LogP contribution < -0.4 is 15.2 Å². The maximum atomic E-state index is 13.1. The zero-order chi connectivity index (χ0) is 21.3. The third-order valence-corrected chi connectivity index (χ3v) is 4.55. The van der Waals surface area contributed by atoms with Crippen molar-refractivity contribution in [2.75, 3.05) is 26.4 Å². The van der Waals surface area contributed by atoms with E-state index in [0.29, 0.717) is 17.9 Å². The molecular formula is C19H25FNO7P. The minimum absolute atomic E-state index is 0.261. The van der Waals surface area contributed by atoms with Crippen molar-refractivity contribution in [2.45, 2.75) is 18.4 Å². The van der Waals surface area contributed by atoms with E-state index in [1.165, 1.54) is 12.1 Å². The van der Waals surface area contributed by atoms with Crippen molar-refractivity contribution in [3.8, 4) is 11.5 Å². The minimum Gasteiger partial charge on any atom is -0.490 e. The number of phosphoric ester groups is 1. The van der Waals surface area contributed by atoms with Crippen LogP contribution in [-0.4, -0.2) is 46.9 Å². The predicted molar refractivity (Wildman–Crippen MR) is 104 cm³/mol. The number of rotatable bonds is 12. The molecule has 0 spiro atoms. The lowest BCUT2D eigenvalue weighted by Gasteiger charge is -2.27. The summed E-state index contributed by atoms with van der Waals surface area (Å²) in [4.78, 5) is 17.5. The molecule has 8 nitrogen and oxygen atoms in total. The SMILES string of the molecule is N[C@@](CO)(CCc1ccc(OCCOc2cccc(F)c2)cc1)COP(=O)(O)O. The van der Waals surface area contributed by atoms with Crippen LogP contribution in [0.15, 0.2) is 48.5 Å². The van der Waals surface area contributed by atoms with Gasteiger partial charge in [-0.25, -0.2) is 8.96 Å². The number of ether oxygens (including phenoxy) is 2. The highest BCUT2D eigenvalue weighted by Gasteiger charge is 2.28. The van der Waals surface area contributed by atoms with Gasteiger partial charge in [-0.1, -0.05) is 18.2 Å². The molecule has 2 aromatic carbocycles. The van der Waals surface area contributed by atoms with Crippen molar-refractivity contribution in [3.05, 3.63) is 59.9 Å². The molecule has 160 valence electrons. The van der Waals surface area contributed by atoms with Gasteiger partial charge < -0.3 is 30.1 Å². The van der Waals surface area contributed by atoms with Crippen molar-refractivity contribution < 1.29 is 37.8 Å². The summed E-state index contributed by atoms with van der Waals surface area (Å²) in [6.07, 6.45) is 0.746. The first kappa shape index (κ1) is 23.3. The first-order valence-corrected chi connectivity index (χ1v) is 10.4. The molecule has 0 saturated heterocycles. The number of hydrogen-bond acceptors (Lipinski definition) is 6. The van der Waals surface area contributed by atoms with Gasteiger partial charge in [0.05, 0.1) is 18.8 Å². The number of hydrogen-bond donors (Lipinski definition) is 4. The second kappa shape index (κ2) is 10.7. The first-order valence-electron chi connectivity index (χ1n) is 8.89. The summed E-state index contributed by atoms with van der Waals surface area (Å²) in [6, 6.07) is 13.0. The van der Waals surface area contributed by atoms with E-state index in [2.05, 4.69) is 4.52 Å². The predicted octanol–water partition coefficient (Wildman–Crippen LogP) is 2.02. The van der Waals surface area contributed by atoms with Gasteiger partial charge >= 0.3 is 7.82 Å². The molecule has 0 amide bonds. The molecule has 0 aromatic heterocycles. The molecule has 2 aromatic rings. The Morgan fingerprint density at radius 1 is 1.03 bits per heavy atom. The lowest BCUT2D eigenvalue weighted by molar-refractivity contribution is 0.102. The quantitative estimate of drug-likeness (QED) is 0.298. The van der Waals surface area contributed by atoms with E-state index in [-0.39, 0.29) is 25.5 Å². The molecule has 0 fully saturated rings. The molecule has 10 heteroatoms. The lowest BCUT2D eigenvalue weighted by atomic mass is 9.94. The highest BCUT2D eigenvalue weighted by molar-refractivity contribution is 7.46. The summed E-state index contributed by atoms with van der Waals surface area (Å²) in [5.74, 6) is 0.693. The number of aliphatic hydroxyl groups is 1. The average molecular weight is 429 g/mol. The number of aryl methyl sites for hydroxylation is 1. The molecule has 2 rings (SSSR count). The summed E-state index contributed by atoms with van der Waals surface area (Å²) in [6.45, 7) is -0.386. The van der Waals surface area contributed by atoms with Gasteiger partial charge in [-0.15, -0.1) is 0 Å². The maximum absolute atomic E-state index is 13.1. The van der Waals surface area contributed by atoms with Gasteiger partial charge in [0.1, 0.15) is 30.5 Å². The number of phosphoric acid groups is 1. The molecule has 1 atom stereocenters. The number of aliphatic hydroxyl groups excluding tert-OH is 1. The molecule has 0 aliphatic carbocycles. The lowest BCUT2D eigenvalue weighted by Crippen LogP contribution is -2.48. The monoisotopic (exact) mass is 429 g/mol. The van der Waals surface area contributed by atoms with Gasteiger partial charge in [0.15, 0.2) is 0 Å². The number of benzene rings is 2. The first-order chi connectivity index (χ1) is 13.7. The Morgan fingerprint density at radius 2 is 1.69 bits per heavy atom. The normalized spacial score (nSPS) is 13.7. The fraction of sp³-hybridized carbons (Fsp3) is 0.368. The van der Waals surface area contributed by atoms with E-state index < -0.39 is 26.6 Å². The molecule has 5 N–H and O–H groups in total. The van der Waals surface area contributed by atoms with Gasteiger partial charge in [-0.05, 0) is 42.7 Å². The van der Waals surface area contributed by atoms with Crippen LogP contribution in [0.4, 0.5) is 4.39 Å². The smallest absolute Gasteiger partial charge is 0.469 e. The largest absolute Gasteiger partial charge is 0.490 e. The maximum Gasteiger partial charge on any atom is 0.469 e. The molecule has 0 radical (unpaired) electrons. The van der Waals surface area contributed by atoms with Crippen molar-refractivity contribution in [1.82, 2.24) is 0 Å². The standard InChI is InChI=1S/C19H25FNO7P/c20-16-2-1-3-18(12-16)27-11-10-26-17-6-4-15(5-7-17)8-9-19(21,13-22)14-28-29(23,24)25/h1-7,12,22H,8-11,13-14,21H2,(H2,23,24,25)/t19-/m1/s1. The van der Waals surface area contributed by atoms with E-state index in [0.717, 1.165) is 5.56 Å². The van der Waals surface area contributed by atoms with Crippen LogP contribution in [-0.2, 0) is 15.5 Å². The topological polar surface area (TPSA) is 131 Å². The van der Waals surface area contributed by atoms with E-state index in [9.17, 15) is 14.1 Å². The molecule has 0 aliphatic heterocycles. The van der Waals surface area contributed by atoms with Crippen LogP contribution >= 0.6 is 7.82 Å². The Balaban J connectivity index is 1.75. The Morgan fingerprint density at radius 3 is 2.28 bits per heavy atom. The second-order valence-corrected chi connectivity index (χ2v) is 7.82. The number of halogens is 1. The van der Waals surface area contributed by atoms with Gasteiger partial charge in [0, 0.05) is 6.07 Å². The summed E-state index contributed by atoms with van der Waals surface area (Å²) < 4.78 is 39.2. The fourth-order valence-electron chi connectivity index (χ4n) is 2.43. The van der Waals surface area contributed by atoms with Crippen LogP contribution in [0.3, 0.4) is 0 Å². The second-order valence-electron chi connectivity index (χ2n) is 6.58. The highest BCUT2D eigenvalue weighted by Crippen LogP contribution is 2.36. The van der Waals surface area contributed by atoms with Crippen molar-refractivity contribution in [2.24, 2.45) is 5.73 Å². The van der Waals surface area contributed by atoms with Crippen molar-refractivity contribution in [3.63, 3.8) is 0 Å². The van der Waals surface area contributed by atoms with E-state index >= 15 is 0 Å². The summed E-state index contributed by atoms with van der Waals surface area (Å²) >= 11 is 0. The average Bonchev–Trinajstić information content (AvgIpc) is 2.69. The fourth-order valence-corrected chi connectivity index (χ4v) is 2.86. The van der Waals surface area contributed by atoms with Crippen LogP contribution in [0, 0.1) is 5.82 Å². The molecule has 0 unspecified atom stereocenters. The summed E-state index contributed by atoms with van der Waals surface area (Å²) in [5, 5.41) is 9.41. The van der Waals surface area contributed by atoms with E-state index in [4.69, 9.17) is 25.0 Å². The zero-order valence-corrected chi connectivity index (χ0v) is 16.6. The van der Waals surface area contributed by atoms with Crippen LogP contribution in [0.2, 0.25) is 0 Å². The Bertz CT molecular complexity index is 814. The number of nitrogens with two attached hydrogens (primary N) is 1. The van der Waals surface area contributed by atoms with Gasteiger partial charge in [0.2, 0.25) is 0 Å². The van der Waals surface area contributed by atoms with Gasteiger partial charge in [0.25, 0.3) is 0 Å². The van der Waals surface area contributed by atoms with Crippen LogP contribution in [0.1, 0.15) is 12.0 Å². The van der Waals surface area contributed by atoms with Gasteiger partial charge in [-0.2, -0.15) is 0 Å². The Kier molecular flexibility index (Phi) is 8.58. The Labute approximate surface area is 168 Å². The highest BCUT2D eigenvalue weighted by atomic mass is 31.2. The molecule has 0 saturated carbocycles. The van der Waals surface area contributed by atoms with Crippen molar-refractivity contribution >= 4 is 7.82 Å². The molecule has 29 heavy (non-hydrogen) atoms. The third kappa shape index (κ3) is 8.91. The van der Waals surface area contributed by atoms with E-state index in [1.807, 2.05) is 12.1 Å². The molecule has 0 heterocycles. The molecular weight excluding hydrogens is 404 g/mol. The van der Waals surface area contributed by atoms with Gasteiger partial charge in [-0.3, -0.25) is 4.52 Å². The molecule has 0 aliphatic rings.